The molecule has 2 heterocycles. The SMILES string of the molecule is Cc1ccc(C[C@@H]2CN(CC=Cc3cccnc3)CCN2C(=O)c2cc(C(F)(F)F)cc(C(F)(F)F)c2)cc1C.Cl.Cl. The number of benzene rings is 2. The zero-order valence-electron chi connectivity index (χ0n) is 22.9. The van der Waals surface area contributed by atoms with Crippen LogP contribution in [0, 0.1) is 13.8 Å². The Morgan fingerprint density at radius 2 is 1.60 bits per heavy atom. The largest absolute Gasteiger partial charge is 0.416 e. The molecule has 1 saturated heterocycles. The molecule has 0 aliphatic carbocycles. The minimum absolute atomic E-state index is 0. The summed E-state index contributed by atoms with van der Waals surface area (Å²) in [6.45, 7) is 5.46. The van der Waals surface area contributed by atoms with Crippen molar-refractivity contribution in [1.29, 1.82) is 0 Å². The average Bonchev–Trinajstić information content (AvgIpc) is 2.90. The number of carbonyl (C=O) groups excluding carboxylic acids is 1. The topological polar surface area (TPSA) is 36.4 Å². The van der Waals surface area contributed by atoms with E-state index in [2.05, 4.69) is 9.88 Å². The lowest BCUT2D eigenvalue weighted by Crippen LogP contribution is -2.56. The minimum Gasteiger partial charge on any atom is -0.333 e. The molecule has 1 aliphatic heterocycles. The highest BCUT2D eigenvalue weighted by Crippen LogP contribution is 2.37. The summed E-state index contributed by atoms with van der Waals surface area (Å²) in [5, 5.41) is 0. The highest BCUT2D eigenvalue weighted by atomic mass is 35.5. The standard InChI is InChI=1S/C30H29F6N3O.2ClH/c1-20-7-8-23(13-21(20)2)14-27-19-38(10-4-6-22-5-3-9-37-18-22)11-12-39(27)28(40)24-15-25(29(31,32)33)17-26(16-24)30(34,35)36;;/h3-9,13,15-18,27H,10-12,14,19H2,1-2H3;2*1H/t27-;;/m1../s1. The van der Waals surface area contributed by atoms with Crippen molar-refractivity contribution >= 4 is 36.8 Å². The van der Waals surface area contributed by atoms with E-state index in [1.165, 1.54) is 4.90 Å². The summed E-state index contributed by atoms with van der Waals surface area (Å²) in [6, 6.07) is 10.2. The van der Waals surface area contributed by atoms with Crippen molar-refractivity contribution in [2.75, 3.05) is 26.2 Å². The van der Waals surface area contributed by atoms with Gasteiger partial charge in [0.05, 0.1) is 11.1 Å². The van der Waals surface area contributed by atoms with E-state index in [4.69, 9.17) is 0 Å². The van der Waals surface area contributed by atoms with Crippen molar-refractivity contribution in [2.24, 2.45) is 0 Å². The molecule has 0 radical (unpaired) electrons. The number of hydrogen-bond donors (Lipinski definition) is 0. The van der Waals surface area contributed by atoms with Gasteiger partial charge < -0.3 is 4.90 Å². The lowest BCUT2D eigenvalue weighted by Gasteiger charge is -2.41. The molecule has 42 heavy (non-hydrogen) atoms. The summed E-state index contributed by atoms with van der Waals surface area (Å²) in [6.07, 6.45) is -2.38. The first-order valence-corrected chi connectivity index (χ1v) is 12.8. The van der Waals surface area contributed by atoms with Gasteiger partial charge in [0.25, 0.3) is 5.91 Å². The van der Waals surface area contributed by atoms with Crippen LogP contribution in [0.3, 0.4) is 0 Å². The summed E-state index contributed by atoms with van der Waals surface area (Å²) in [4.78, 5) is 21.1. The fraction of sp³-hybridized carbons (Fsp3) is 0.333. The highest BCUT2D eigenvalue weighted by Gasteiger charge is 2.39. The van der Waals surface area contributed by atoms with E-state index < -0.39 is 41.0 Å². The van der Waals surface area contributed by atoms with Crippen LogP contribution in [0.1, 0.15) is 43.7 Å². The minimum atomic E-state index is -5.03. The number of aromatic nitrogens is 1. The maximum atomic E-state index is 13.5. The fourth-order valence-corrected chi connectivity index (χ4v) is 4.79. The molecule has 228 valence electrons. The van der Waals surface area contributed by atoms with Gasteiger partial charge >= 0.3 is 12.4 Å². The predicted molar refractivity (Wildman–Crippen MR) is 155 cm³/mol. The zero-order valence-corrected chi connectivity index (χ0v) is 24.5. The Labute approximate surface area is 253 Å². The zero-order chi connectivity index (χ0) is 29.1. The Kier molecular flexibility index (Phi) is 12.0. The molecular weight excluding hydrogens is 603 g/mol. The molecular formula is C30H31Cl2F6N3O. The third kappa shape index (κ3) is 8.96. The summed E-state index contributed by atoms with van der Waals surface area (Å²) < 4.78 is 80.8. The van der Waals surface area contributed by atoms with Gasteiger partial charge in [0, 0.05) is 50.2 Å². The van der Waals surface area contributed by atoms with Crippen LogP contribution in [-0.2, 0) is 18.8 Å². The van der Waals surface area contributed by atoms with Gasteiger partial charge in [0.15, 0.2) is 0 Å². The van der Waals surface area contributed by atoms with E-state index in [1.807, 2.05) is 56.3 Å². The molecule has 1 atom stereocenters. The van der Waals surface area contributed by atoms with Gasteiger partial charge in [-0.1, -0.05) is 36.4 Å². The first-order valence-electron chi connectivity index (χ1n) is 12.8. The number of nitrogens with zero attached hydrogens (tertiary/aromatic N) is 3. The normalized spacial score (nSPS) is 16.2. The molecule has 4 nitrogen and oxygen atoms in total. The van der Waals surface area contributed by atoms with Crippen LogP contribution in [0.5, 0.6) is 0 Å². The number of hydrogen-bond acceptors (Lipinski definition) is 3. The predicted octanol–water partition coefficient (Wildman–Crippen LogP) is 7.66. The summed E-state index contributed by atoms with van der Waals surface area (Å²) in [5.41, 5.74) is 0.358. The molecule has 0 spiro atoms. The van der Waals surface area contributed by atoms with Gasteiger partial charge in [0.1, 0.15) is 0 Å². The number of amides is 1. The molecule has 0 unspecified atom stereocenters. The first-order chi connectivity index (χ1) is 18.8. The smallest absolute Gasteiger partial charge is 0.333 e. The second kappa shape index (κ2) is 14.4. The van der Waals surface area contributed by atoms with Crippen molar-refractivity contribution in [2.45, 2.75) is 38.7 Å². The average molecular weight is 634 g/mol. The molecule has 12 heteroatoms. The van der Waals surface area contributed by atoms with E-state index in [-0.39, 0.29) is 37.4 Å². The van der Waals surface area contributed by atoms with Crippen molar-refractivity contribution in [3.63, 3.8) is 0 Å². The van der Waals surface area contributed by atoms with Gasteiger partial charge in [-0.2, -0.15) is 26.3 Å². The third-order valence-corrected chi connectivity index (χ3v) is 7.06. The van der Waals surface area contributed by atoms with Gasteiger partial charge in [-0.05, 0) is 66.8 Å². The number of pyridine rings is 1. The van der Waals surface area contributed by atoms with Crippen molar-refractivity contribution in [1.82, 2.24) is 14.8 Å². The molecule has 1 aromatic heterocycles. The Bertz CT molecular complexity index is 1350. The third-order valence-electron chi connectivity index (χ3n) is 7.06. The summed E-state index contributed by atoms with van der Waals surface area (Å²) in [7, 11) is 0. The summed E-state index contributed by atoms with van der Waals surface area (Å²) in [5.74, 6) is -0.851. The Hall–Kier alpha value is -3.08. The van der Waals surface area contributed by atoms with Crippen LogP contribution < -0.4 is 0 Å². The number of aryl methyl sites for hydroxylation is 2. The maximum absolute atomic E-state index is 13.5. The molecule has 1 amide bonds. The Morgan fingerprint density at radius 1 is 0.929 bits per heavy atom. The molecule has 3 aromatic rings. The second-order valence-corrected chi connectivity index (χ2v) is 10.0. The fourth-order valence-electron chi connectivity index (χ4n) is 4.79. The molecule has 1 fully saturated rings. The maximum Gasteiger partial charge on any atom is 0.416 e. The van der Waals surface area contributed by atoms with Gasteiger partial charge in [-0.15, -0.1) is 24.8 Å². The molecule has 0 bridgehead atoms. The van der Waals surface area contributed by atoms with E-state index >= 15 is 0 Å². The second-order valence-electron chi connectivity index (χ2n) is 10.0. The van der Waals surface area contributed by atoms with Crippen LogP contribution in [0.15, 0.2) is 67.0 Å². The number of halogens is 8. The Morgan fingerprint density at radius 3 is 2.17 bits per heavy atom. The first kappa shape index (κ1) is 35.1. The van der Waals surface area contributed by atoms with Crippen LogP contribution in [0.25, 0.3) is 6.08 Å². The molecule has 2 aromatic carbocycles. The van der Waals surface area contributed by atoms with E-state index in [9.17, 15) is 31.1 Å². The van der Waals surface area contributed by atoms with Crippen molar-refractivity contribution < 1.29 is 31.1 Å². The summed E-state index contributed by atoms with van der Waals surface area (Å²) >= 11 is 0. The monoisotopic (exact) mass is 633 g/mol. The van der Waals surface area contributed by atoms with E-state index in [1.54, 1.807) is 12.4 Å². The number of rotatable bonds is 6. The van der Waals surface area contributed by atoms with Gasteiger partial charge in [-0.25, -0.2) is 0 Å². The number of piperazine rings is 1. The van der Waals surface area contributed by atoms with Crippen molar-refractivity contribution in [3.05, 3.63) is 106 Å². The van der Waals surface area contributed by atoms with E-state index in [0.29, 0.717) is 38.2 Å². The number of alkyl halides is 6. The quantitative estimate of drug-likeness (QED) is 0.262. The van der Waals surface area contributed by atoms with Gasteiger partial charge in [-0.3, -0.25) is 14.7 Å². The van der Waals surface area contributed by atoms with E-state index in [0.717, 1.165) is 22.3 Å². The van der Waals surface area contributed by atoms with Gasteiger partial charge in [0.2, 0.25) is 0 Å². The Balaban J connectivity index is 0.00000308. The van der Waals surface area contributed by atoms with Crippen LogP contribution in [0.2, 0.25) is 0 Å². The lowest BCUT2D eigenvalue weighted by molar-refractivity contribution is -0.143. The van der Waals surface area contributed by atoms with Crippen LogP contribution in [0.4, 0.5) is 26.3 Å². The number of carbonyl (C=O) groups is 1. The molecule has 1 aliphatic rings. The molecule has 0 N–H and O–H groups in total. The van der Waals surface area contributed by atoms with Crippen LogP contribution >= 0.6 is 24.8 Å². The lowest BCUT2D eigenvalue weighted by atomic mass is 9.97. The highest BCUT2D eigenvalue weighted by molar-refractivity contribution is 5.95. The van der Waals surface area contributed by atoms with Crippen molar-refractivity contribution in [3.8, 4) is 0 Å². The molecule has 4 rings (SSSR count). The van der Waals surface area contributed by atoms with Crippen LogP contribution in [-0.4, -0.2) is 52.9 Å². The molecule has 0 saturated carbocycles.